The van der Waals surface area contributed by atoms with Crippen LogP contribution in [-0.4, -0.2) is 54.2 Å². The quantitative estimate of drug-likeness (QED) is 0.0645. The number of ether oxygens (including phenoxy) is 1. The van der Waals surface area contributed by atoms with Crippen LogP contribution in [0.3, 0.4) is 0 Å². The molecule has 17 heteroatoms. The molecule has 3 fully saturated rings. The molecule has 5 aromatic rings. The van der Waals surface area contributed by atoms with Crippen molar-refractivity contribution in [2.45, 2.75) is 30.5 Å². The Labute approximate surface area is 368 Å². The van der Waals surface area contributed by atoms with Crippen LogP contribution < -0.4 is 20.0 Å². The number of carbonyl (C=O) groups is 4. The second-order valence-corrected chi connectivity index (χ2v) is 16.7. The fourth-order valence-corrected chi connectivity index (χ4v) is 9.94. The van der Waals surface area contributed by atoms with E-state index in [1.54, 1.807) is 30.3 Å². The number of carbonyl (C=O) groups excluding carboxylic acids is 4. The molecule has 2 heterocycles. The number of nitrogens with zero attached hydrogens (tertiary/aromatic N) is 5. The Morgan fingerprint density at radius 3 is 2.08 bits per heavy atom. The lowest BCUT2D eigenvalue weighted by atomic mass is 9.49. The van der Waals surface area contributed by atoms with E-state index in [0.717, 1.165) is 45.9 Å². The van der Waals surface area contributed by atoms with Crippen molar-refractivity contribution in [3.63, 3.8) is 0 Å². The lowest BCUT2D eigenvalue weighted by molar-refractivity contribution is -0.274. The van der Waals surface area contributed by atoms with Gasteiger partial charge in [0.15, 0.2) is 0 Å². The molecule has 6 atom stereocenters. The van der Waals surface area contributed by atoms with Crippen LogP contribution in [-0.2, 0) is 24.6 Å². The molecule has 4 amide bonds. The topological polar surface area (TPSA) is 144 Å². The third-order valence-corrected chi connectivity index (χ3v) is 12.8. The van der Waals surface area contributed by atoms with E-state index in [-0.39, 0.29) is 40.4 Å². The molecule has 0 radical (unpaired) electrons. The van der Waals surface area contributed by atoms with Crippen LogP contribution in [0.2, 0.25) is 5.02 Å². The summed E-state index contributed by atoms with van der Waals surface area (Å²) in [5.74, 6) is -10.1. The minimum atomic E-state index is -5.13. The average molecular weight is 893 g/mol. The number of fused-ring (bicyclic) bond motifs is 4. The molecule has 0 aromatic heterocycles. The number of halogens is 5. The van der Waals surface area contributed by atoms with Crippen LogP contribution in [0.4, 0.5) is 46.0 Å². The molecule has 4 aliphatic rings. The number of hydrazine groups is 1. The molecular weight excluding hydrogens is 856 g/mol. The van der Waals surface area contributed by atoms with Crippen LogP contribution in [0.25, 0.3) is 0 Å². The number of hydrogen-bond donors (Lipinski definition) is 2. The third-order valence-electron chi connectivity index (χ3n) is 12.6. The molecule has 12 nitrogen and oxygen atoms in total. The maximum atomic E-state index is 15.4. The van der Waals surface area contributed by atoms with Gasteiger partial charge >= 0.3 is 6.36 Å². The van der Waals surface area contributed by atoms with E-state index in [9.17, 15) is 37.1 Å². The number of rotatable bonds is 9. The number of aromatic hydroxyl groups is 1. The van der Waals surface area contributed by atoms with E-state index in [1.807, 2.05) is 43.3 Å². The normalized spacial score (nSPS) is 24.1. The van der Waals surface area contributed by atoms with Gasteiger partial charge in [0.1, 0.15) is 17.3 Å². The lowest BCUT2D eigenvalue weighted by Gasteiger charge is -2.50. The first-order valence-corrected chi connectivity index (χ1v) is 20.5. The zero-order chi connectivity index (χ0) is 45.2. The van der Waals surface area contributed by atoms with Gasteiger partial charge in [0.2, 0.25) is 11.8 Å². The fraction of sp³-hybridized carbons (Fsp3) is 0.234. The molecule has 326 valence electrons. The van der Waals surface area contributed by atoms with Gasteiger partial charge in [-0.25, -0.2) is 4.39 Å². The van der Waals surface area contributed by atoms with Gasteiger partial charge in [-0.3, -0.25) is 29.5 Å². The van der Waals surface area contributed by atoms with Crippen molar-refractivity contribution in [3.05, 3.63) is 149 Å². The highest BCUT2D eigenvalue weighted by molar-refractivity contribution is 6.30. The summed E-state index contributed by atoms with van der Waals surface area (Å²) < 4.78 is 59.4. The Morgan fingerprint density at radius 2 is 1.45 bits per heavy atom. The highest BCUT2D eigenvalue weighted by atomic mass is 35.5. The summed E-state index contributed by atoms with van der Waals surface area (Å²) in [7, 11) is 3.85. The molecule has 1 saturated carbocycles. The highest BCUT2D eigenvalue weighted by Gasteiger charge is 2.70. The van der Waals surface area contributed by atoms with Crippen LogP contribution in [0.5, 0.6) is 11.5 Å². The molecule has 6 unspecified atom stereocenters. The van der Waals surface area contributed by atoms with Gasteiger partial charge in [-0.05, 0) is 127 Å². The van der Waals surface area contributed by atoms with Crippen molar-refractivity contribution < 1.29 is 46.6 Å². The third kappa shape index (κ3) is 7.20. The van der Waals surface area contributed by atoms with Gasteiger partial charge in [-0.1, -0.05) is 35.4 Å². The van der Waals surface area contributed by atoms with Gasteiger partial charge in [0.05, 0.1) is 45.9 Å². The molecule has 9 rings (SSSR count). The van der Waals surface area contributed by atoms with Crippen molar-refractivity contribution in [2.24, 2.45) is 33.9 Å². The Hall–Kier alpha value is -7.07. The first-order valence-electron chi connectivity index (χ1n) is 20.2. The van der Waals surface area contributed by atoms with Crippen molar-refractivity contribution in [2.75, 3.05) is 29.3 Å². The van der Waals surface area contributed by atoms with Gasteiger partial charge in [0, 0.05) is 36.3 Å². The predicted octanol–water partition coefficient (Wildman–Crippen LogP) is 9.75. The maximum absolute atomic E-state index is 15.4. The van der Waals surface area contributed by atoms with E-state index in [2.05, 4.69) is 20.4 Å². The van der Waals surface area contributed by atoms with Crippen LogP contribution in [0, 0.1) is 29.5 Å². The Bertz CT molecular complexity index is 2750. The SMILES string of the molecule is CN(C)c1ccc(N=Nc2ccc(N3C(=O)C4CC=C5C(CC6C(=O)N(Nc7ccc(F)cc7)C(=O)C6(c6ccc(Cl)cc6)C5c5cc(OC(F)(F)F)ccc5O)C4C3=O)cc2)cc1. The van der Waals surface area contributed by atoms with E-state index >= 15 is 4.79 Å². The van der Waals surface area contributed by atoms with Crippen LogP contribution in [0.15, 0.2) is 137 Å². The average Bonchev–Trinajstić information content (AvgIpc) is 3.65. The zero-order valence-corrected chi connectivity index (χ0v) is 34.7. The number of alkyl halides is 3. The van der Waals surface area contributed by atoms with Crippen molar-refractivity contribution in [1.29, 1.82) is 0 Å². The predicted molar refractivity (Wildman–Crippen MR) is 228 cm³/mol. The standard InChI is InChI=1S/C47H37ClF4N6O6/c1-56(2)31-15-11-28(12-16-31)53-54-29-13-17-32(18-14-29)57-42(60)35-21-20-34-36(40(35)44(57)62)24-38-43(61)58(55-30-9-7-27(49)8-10-30)45(63)46(38,25-3-5-26(48)6-4-25)41(34)37-23-33(19-22-39(37)59)64-47(50,51)52/h3-20,22-23,35-36,38,40-41,55,59H,21,24H2,1-2H3. The Balaban J connectivity index is 1.13. The molecule has 2 aliphatic heterocycles. The summed E-state index contributed by atoms with van der Waals surface area (Å²) in [5, 5.41) is 21.3. The molecule has 2 saturated heterocycles. The number of allylic oxidation sites excluding steroid dienone is 2. The number of hydrogen-bond acceptors (Lipinski definition) is 10. The number of phenols is 1. The monoisotopic (exact) mass is 892 g/mol. The Kier molecular flexibility index (Phi) is 10.5. The number of benzene rings is 5. The fourth-order valence-electron chi connectivity index (χ4n) is 9.82. The summed E-state index contributed by atoms with van der Waals surface area (Å²) in [5.41, 5.74) is 3.75. The van der Waals surface area contributed by atoms with Crippen molar-refractivity contribution in [3.8, 4) is 11.5 Å². The highest BCUT2D eigenvalue weighted by Crippen LogP contribution is 2.65. The van der Waals surface area contributed by atoms with Crippen LogP contribution in [0.1, 0.15) is 29.9 Å². The van der Waals surface area contributed by atoms with E-state index < -0.39 is 82.3 Å². The van der Waals surface area contributed by atoms with Gasteiger partial charge in [0.25, 0.3) is 11.8 Å². The lowest BCUT2D eigenvalue weighted by Crippen LogP contribution is -2.53. The number of imide groups is 2. The number of azo groups is 1. The summed E-state index contributed by atoms with van der Waals surface area (Å²) in [6.07, 6.45) is -3.60. The Morgan fingerprint density at radius 1 is 0.812 bits per heavy atom. The number of anilines is 3. The molecule has 2 aliphatic carbocycles. The number of nitrogens with one attached hydrogen (secondary N) is 1. The molecule has 2 N–H and O–H groups in total. The van der Waals surface area contributed by atoms with Gasteiger partial charge in [-0.15, -0.1) is 13.2 Å². The maximum Gasteiger partial charge on any atom is 0.573 e. The number of phenolic OH excluding ortho intramolecular Hbond substituents is 1. The van der Waals surface area contributed by atoms with E-state index in [4.69, 9.17) is 11.6 Å². The first-order chi connectivity index (χ1) is 30.5. The smallest absolute Gasteiger partial charge is 0.508 e. The minimum Gasteiger partial charge on any atom is -0.508 e. The molecule has 0 bridgehead atoms. The second kappa shape index (κ2) is 15.9. The molecule has 5 aromatic carbocycles. The summed E-state index contributed by atoms with van der Waals surface area (Å²) in [4.78, 5) is 62.4. The van der Waals surface area contributed by atoms with Crippen LogP contribution >= 0.6 is 11.6 Å². The summed E-state index contributed by atoms with van der Waals surface area (Å²) in [6.45, 7) is 0. The van der Waals surface area contributed by atoms with Gasteiger partial charge < -0.3 is 14.7 Å². The van der Waals surface area contributed by atoms with E-state index in [1.165, 1.54) is 36.4 Å². The summed E-state index contributed by atoms with van der Waals surface area (Å²) in [6, 6.07) is 27.6. The molecule has 64 heavy (non-hydrogen) atoms. The zero-order valence-electron chi connectivity index (χ0n) is 34.0. The summed E-state index contributed by atoms with van der Waals surface area (Å²) >= 11 is 6.33. The van der Waals surface area contributed by atoms with Crippen molar-refractivity contribution >= 4 is 63.7 Å². The molecular formula is C47H37ClF4N6O6. The largest absolute Gasteiger partial charge is 0.573 e. The van der Waals surface area contributed by atoms with Gasteiger partial charge in [-0.2, -0.15) is 15.2 Å². The van der Waals surface area contributed by atoms with Crippen molar-refractivity contribution in [1.82, 2.24) is 5.01 Å². The second-order valence-electron chi connectivity index (χ2n) is 16.3. The first kappa shape index (κ1) is 42.2. The molecule has 0 spiro atoms. The van der Waals surface area contributed by atoms with E-state index in [0.29, 0.717) is 16.9 Å². The number of amides is 4. The minimum absolute atomic E-state index is 0.00642.